The number of nitro benzene ring substituents is 1. The van der Waals surface area contributed by atoms with Crippen LogP contribution in [0.25, 0.3) is 0 Å². The standard InChI is InChI=1S/C23H28N4O3/c28-23(19-8-10-20(11-9-19)27(29)30)24-13-3-4-14-25-15-16-26-21(17-25)12-7-18-5-1-2-6-22(18)26/h1-2,5-6,8-11,21H,3-4,7,12-17H2,(H,24,28). The third-order valence-electron chi connectivity index (χ3n) is 6.14. The summed E-state index contributed by atoms with van der Waals surface area (Å²) >= 11 is 0. The lowest BCUT2D eigenvalue weighted by Crippen LogP contribution is -2.55. The number of carbonyl (C=O) groups is 1. The molecule has 2 heterocycles. The fourth-order valence-electron chi connectivity index (χ4n) is 4.51. The molecule has 0 bridgehead atoms. The number of nitro groups is 1. The number of amides is 1. The molecule has 1 amide bonds. The fraction of sp³-hybridized carbons (Fsp3) is 0.435. The van der Waals surface area contributed by atoms with E-state index in [4.69, 9.17) is 0 Å². The van der Waals surface area contributed by atoms with Crippen molar-refractivity contribution in [2.24, 2.45) is 0 Å². The third-order valence-corrected chi connectivity index (χ3v) is 6.14. The molecule has 0 aromatic heterocycles. The second-order valence-electron chi connectivity index (χ2n) is 8.08. The first-order chi connectivity index (χ1) is 14.6. The number of benzene rings is 2. The summed E-state index contributed by atoms with van der Waals surface area (Å²) in [6.07, 6.45) is 4.36. The predicted octanol–water partition coefficient (Wildman–Crippen LogP) is 3.24. The van der Waals surface area contributed by atoms with Gasteiger partial charge in [-0.1, -0.05) is 18.2 Å². The van der Waals surface area contributed by atoms with E-state index >= 15 is 0 Å². The molecule has 0 spiro atoms. The van der Waals surface area contributed by atoms with Crippen LogP contribution in [-0.4, -0.2) is 54.5 Å². The molecular weight excluding hydrogens is 380 g/mol. The van der Waals surface area contributed by atoms with Gasteiger partial charge in [-0.2, -0.15) is 0 Å². The monoisotopic (exact) mass is 408 g/mol. The van der Waals surface area contributed by atoms with Gasteiger partial charge in [0.1, 0.15) is 0 Å². The molecule has 2 aromatic carbocycles. The zero-order chi connectivity index (χ0) is 20.9. The Bertz CT molecular complexity index is 900. The zero-order valence-corrected chi connectivity index (χ0v) is 17.1. The summed E-state index contributed by atoms with van der Waals surface area (Å²) in [5.41, 5.74) is 3.34. The second-order valence-corrected chi connectivity index (χ2v) is 8.08. The Morgan fingerprint density at radius 1 is 1.10 bits per heavy atom. The molecule has 1 unspecified atom stereocenters. The maximum absolute atomic E-state index is 12.2. The van der Waals surface area contributed by atoms with Crippen molar-refractivity contribution in [2.75, 3.05) is 37.6 Å². The summed E-state index contributed by atoms with van der Waals surface area (Å²) in [4.78, 5) is 27.5. The lowest BCUT2D eigenvalue weighted by Gasteiger charge is -2.46. The van der Waals surface area contributed by atoms with Gasteiger partial charge in [0.05, 0.1) is 4.92 Å². The summed E-state index contributed by atoms with van der Waals surface area (Å²) in [5.74, 6) is -0.181. The van der Waals surface area contributed by atoms with Crippen LogP contribution in [0.1, 0.15) is 35.2 Å². The van der Waals surface area contributed by atoms with E-state index in [2.05, 4.69) is 39.4 Å². The molecule has 7 heteroatoms. The number of aryl methyl sites for hydroxylation is 1. The van der Waals surface area contributed by atoms with Gasteiger partial charge < -0.3 is 10.2 Å². The number of fused-ring (bicyclic) bond motifs is 3. The number of non-ortho nitro benzene ring substituents is 1. The van der Waals surface area contributed by atoms with Crippen molar-refractivity contribution in [3.8, 4) is 0 Å². The molecule has 1 N–H and O–H groups in total. The van der Waals surface area contributed by atoms with E-state index in [1.807, 2.05) is 0 Å². The molecule has 1 saturated heterocycles. The fourth-order valence-corrected chi connectivity index (χ4v) is 4.51. The first-order valence-electron chi connectivity index (χ1n) is 10.7. The summed E-state index contributed by atoms with van der Waals surface area (Å²) in [6.45, 7) is 4.95. The molecule has 7 nitrogen and oxygen atoms in total. The average molecular weight is 409 g/mol. The minimum absolute atomic E-state index is 0.00639. The van der Waals surface area contributed by atoms with Crippen molar-refractivity contribution in [3.05, 3.63) is 69.8 Å². The first kappa shape index (κ1) is 20.3. The van der Waals surface area contributed by atoms with Crippen LogP contribution < -0.4 is 10.2 Å². The van der Waals surface area contributed by atoms with Gasteiger partial charge in [-0.3, -0.25) is 19.8 Å². The zero-order valence-electron chi connectivity index (χ0n) is 17.1. The van der Waals surface area contributed by atoms with Crippen LogP contribution in [0.5, 0.6) is 0 Å². The van der Waals surface area contributed by atoms with Gasteiger partial charge in [-0.25, -0.2) is 0 Å². The van der Waals surface area contributed by atoms with Crippen molar-refractivity contribution >= 4 is 17.3 Å². The maximum atomic E-state index is 12.2. The molecule has 2 aliphatic rings. The minimum atomic E-state index is -0.465. The Labute approximate surface area is 176 Å². The van der Waals surface area contributed by atoms with Crippen LogP contribution in [0.3, 0.4) is 0 Å². The van der Waals surface area contributed by atoms with Gasteiger partial charge in [-0.05, 0) is 56.0 Å². The second kappa shape index (κ2) is 9.26. The van der Waals surface area contributed by atoms with Gasteiger partial charge >= 0.3 is 0 Å². The summed E-state index contributed by atoms with van der Waals surface area (Å²) in [7, 11) is 0. The van der Waals surface area contributed by atoms with E-state index < -0.39 is 4.92 Å². The van der Waals surface area contributed by atoms with Crippen LogP contribution in [-0.2, 0) is 6.42 Å². The molecule has 1 fully saturated rings. The van der Waals surface area contributed by atoms with Crippen LogP contribution in [0.2, 0.25) is 0 Å². The molecule has 4 rings (SSSR count). The topological polar surface area (TPSA) is 78.7 Å². The minimum Gasteiger partial charge on any atom is -0.366 e. The van der Waals surface area contributed by atoms with Gasteiger partial charge in [-0.15, -0.1) is 0 Å². The third kappa shape index (κ3) is 4.62. The molecule has 30 heavy (non-hydrogen) atoms. The number of rotatable bonds is 7. The van der Waals surface area contributed by atoms with E-state index in [9.17, 15) is 14.9 Å². The Kier molecular flexibility index (Phi) is 6.28. The number of piperazine rings is 1. The van der Waals surface area contributed by atoms with Crippen molar-refractivity contribution < 1.29 is 9.72 Å². The van der Waals surface area contributed by atoms with Crippen molar-refractivity contribution in [1.29, 1.82) is 0 Å². The van der Waals surface area contributed by atoms with Crippen LogP contribution in [0.15, 0.2) is 48.5 Å². The Balaban J connectivity index is 1.16. The molecule has 0 aliphatic carbocycles. The highest BCUT2D eigenvalue weighted by atomic mass is 16.6. The smallest absolute Gasteiger partial charge is 0.269 e. The highest BCUT2D eigenvalue weighted by molar-refractivity contribution is 5.94. The molecule has 2 aromatic rings. The number of anilines is 1. The average Bonchev–Trinajstić information content (AvgIpc) is 2.78. The summed E-state index contributed by atoms with van der Waals surface area (Å²) < 4.78 is 0. The summed E-state index contributed by atoms with van der Waals surface area (Å²) in [5, 5.41) is 13.6. The summed E-state index contributed by atoms with van der Waals surface area (Å²) in [6, 6.07) is 15.1. The number of hydrogen-bond donors (Lipinski definition) is 1. The Morgan fingerprint density at radius 3 is 2.70 bits per heavy atom. The van der Waals surface area contributed by atoms with Gasteiger partial charge in [0.2, 0.25) is 0 Å². The van der Waals surface area contributed by atoms with Gasteiger partial charge in [0.25, 0.3) is 11.6 Å². The molecule has 158 valence electrons. The van der Waals surface area contributed by atoms with E-state index in [0.717, 1.165) is 39.0 Å². The van der Waals surface area contributed by atoms with Crippen LogP contribution >= 0.6 is 0 Å². The molecule has 1 atom stereocenters. The first-order valence-corrected chi connectivity index (χ1v) is 10.7. The van der Waals surface area contributed by atoms with E-state index in [1.165, 1.54) is 48.4 Å². The Hall–Kier alpha value is -2.93. The highest BCUT2D eigenvalue weighted by Gasteiger charge is 2.30. The van der Waals surface area contributed by atoms with Gasteiger partial charge in [0.15, 0.2) is 0 Å². The van der Waals surface area contributed by atoms with Crippen molar-refractivity contribution in [1.82, 2.24) is 10.2 Å². The molecular formula is C23H28N4O3. The lowest BCUT2D eigenvalue weighted by atomic mass is 9.94. The largest absolute Gasteiger partial charge is 0.366 e. The van der Waals surface area contributed by atoms with Crippen LogP contribution in [0.4, 0.5) is 11.4 Å². The van der Waals surface area contributed by atoms with E-state index in [1.54, 1.807) is 0 Å². The van der Waals surface area contributed by atoms with Crippen LogP contribution in [0, 0.1) is 10.1 Å². The lowest BCUT2D eigenvalue weighted by molar-refractivity contribution is -0.384. The normalized spacial score (nSPS) is 18.4. The van der Waals surface area contributed by atoms with E-state index in [-0.39, 0.29) is 11.6 Å². The predicted molar refractivity (Wildman–Crippen MR) is 117 cm³/mol. The molecule has 0 saturated carbocycles. The van der Waals surface area contributed by atoms with Gasteiger partial charge in [0, 0.05) is 55.6 Å². The maximum Gasteiger partial charge on any atom is 0.269 e. The molecule has 2 aliphatic heterocycles. The van der Waals surface area contributed by atoms with Crippen molar-refractivity contribution in [2.45, 2.75) is 31.7 Å². The number of carbonyl (C=O) groups excluding carboxylic acids is 1. The Morgan fingerprint density at radius 2 is 1.90 bits per heavy atom. The molecule has 0 radical (unpaired) electrons. The van der Waals surface area contributed by atoms with Crippen molar-refractivity contribution in [3.63, 3.8) is 0 Å². The SMILES string of the molecule is O=C(NCCCCN1CCN2c3ccccc3CCC2C1)c1ccc([N+](=O)[O-])cc1. The number of nitrogens with one attached hydrogen (secondary N) is 1. The number of unbranched alkanes of at least 4 members (excludes halogenated alkanes) is 1. The van der Waals surface area contributed by atoms with E-state index in [0.29, 0.717) is 18.2 Å². The number of hydrogen-bond acceptors (Lipinski definition) is 5. The number of para-hydroxylation sites is 1. The number of nitrogens with zero attached hydrogens (tertiary/aromatic N) is 3. The highest BCUT2D eigenvalue weighted by Crippen LogP contribution is 2.32. The quantitative estimate of drug-likeness (QED) is 0.432.